The van der Waals surface area contributed by atoms with Crippen LogP contribution in [0.2, 0.25) is 10.2 Å². The smallest absolute Gasteiger partial charge is 0.130 e. The molecule has 4 heteroatoms. The van der Waals surface area contributed by atoms with Gasteiger partial charge in [0, 0.05) is 31.0 Å². The number of aromatic nitrogens is 1. The van der Waals surface area contributed by atoms with Crippen LogP contribution in [0.5, 0.6) is 0 Å². The van der Waals surface area contributed by atoms with Crippen LogP contribution < -0.4 is 4.90 Å². The predicted octanol–water partition coefficient (Wildman–Crippen LogP) is 4.64. The summed E-state index contributed by atoms with van der Waals surface area (Å²) in [5, 5.41) is 1.07. The number of rotatable bonds is 3. The van der Waals surface area contributed by atoms with Gasteiger partial charge in [-0.2, -0.15) is 0 Å². The Labute approximate surface area is 124 Å². The summed E-state index contributed by atoms with van der Waals surface area (Å²) in [4.78, 5) is 6.23. The van der Waals surface area contributed by atoms with Gasteiger partial charge in [-0.05, 0) is 43.2 Å². The molecule has 0 aliphatic rings. The van der Waals surface area contributed by atoms with E-state index in [1.165, 1.54) is 16.8 Å². The molecule has 0 amide bonds. The van der Waals surface area contributed by atoms with Crippen molar-refractivity contribution in [2.24, 2.45) is 0 Å². The lowest BCUT2D eigenvalue weighted by Crippen LogP contribution is -2.17. The SMILES string of the molecule is Cc1cc(C)cc(N(C)Cc2cnc(Cl)cc2Cl)c1. The summed E-state index contributed by atoms with van der Waals surface area (Å²) < 4.78 is 0. The van der Waals surface area contributed by atoms with Crippen LogP contribution in [0.3, 0.4) is 0 Å². The predicted molar refractivity (Wildman–Crippen MR) is 82.3 cm³/mol. The number of hydrogen-bond donors (Lipinski definition) is 0. The van der Waals surface area contributed by atoms with Gasteiger partial charge in [-0.1, -0.05) is 29.3 Å². The average molecular weight is 295 g/mol. The molecule has 2 aromatic rings. The third-order valence-electron chi connectivity index (χ3n) is 2.95. The second-order valence-corrected chi connectivity index (χ2v) is 5.59. The summed E-state index contributed by atoms with van der Waals surface area (Å²) in [5.41, 5.74) is 4.64. The maximum atomic E-state index is 6.17. The standard InChI is InChI=1S/C15H16Cl2N2/c1-10-4-11(2)6-13(5-10)19(3)9-12-8-18-15(17)7-14(12)16/h4-8H,9H2,1-3H3. The van der Waals surface area contributed by atoms with Crippen LogP contribution in [0, 0.1) is 13.8 Å². The number of anilines is 1. The van der Waals surface area contributed by atoms with Gasteiger partial charge in [-0.3, -0.25) is 0 Å². The van der Waals surface area contributed by atoms with Gasteiger partial charge < -0.3 is 4.90 Å². The minimum absolute atomic E-state index is 0.419. The molecule has 19 heavy (non-hydrogen) atoms. The number of halogens is 2. The lowest BCUT2D eigenvalue weighted by molar-refractivity contribution is 0.913. The summed E-state index contributed by atoms with van der Waals surface area (Å²) in [6.07, 6.45) is 1.73. The second kappa shape index (κ2) is 5.81. The zero-order valence-corrected chi connectivity index (χ0v) is 12.8. The lowest BCUT2D eigenvalue weighted by Gasteiger charge is -2.21. The Kier molecular flexibility index (Phi) is 4.33. The van der Waals surface area contributed by atoms with Gasteiger partial charge in [0.1, 0.15) is 5.15 Å². The first-order chi connectivity index (χ1) is 8.95. The van der Waals surface area contributed by atoms with Crippen LogP contribution in [-0.4, -0.2) is 12.0 Å². The Balaban J connectivity index is 2.22. The van der Waals surface area contributed by atoms with E-state index in [-0.39, 0.29) is 0 Å². The van der Waals surface area contributed by atoms with Crippen LogP contribution in [0.25, 0.3) is 0 Å². The Bertz CT molecular complexity index is 576. The van der Waals surface area contributed by atoms with Crippen LogP contribution in [-0.2, 0) is 6.54 Å². The summed E-state index contributed by atoms with van der Waals surface area (Å²) >= 11 is 12.0. The molecule has 0 atom stereocenters. The molecule has 0 unspecified atom stereocenters. The van der Waals surface area contributed by atoms with Crippen molar-refractivity contribution in [3.63, 3.8) is 0 Å². The molecule has 0 spiro atoms. The van der Waals surface area contributed by atoms with E-state index in [4.69, 9.17) is 23.2 Å². The molecule has 1 aromatic carbocycles. The van der Waals surface area contributed by atoms with Gasteiger partial charge in [0.15, 0.2) is 0 Å². The van der Waals surface area contributed by atoms with Crippen molar-refractivity contribution in [1.29, 1.82) is 0 Å². The van der Waals surface area contributed by atoms with Crippen molar-refractivity contribution in [2.75, 3.05) is 11.9 Å². The number of aryl methyl sites for hydroxylation is 2. The lowest BCUT2D eigenvalue weighted by atomic mass is 10.1. The van der Waals surface area contributed by atoms with Gasteiger partial charge in [-0.25, -0.2) is 4.98 Å². The van der Waals surface area contributed by atoms with E-state index >= 15 is 0 Å². The molecule has 1 heterocycles. The fourth-order valence-electron chi connectivity index (χ4n) is 2.07. The van der Waals surface area contributed by atoms with Crippen molar-refractivity contribution in [2.45, 2.75) is 20.4 Å². The maximum Gasteiger partial charge on any atom is 0.130 e. The maximum absolute atomic E-state index is 6.17. The molecule has 0 aliphatic carbocycles. The fourth-order valence-corrected chi connectivity index (χ4v) is 2.50. The zero-order valence-electron chi connectivity index (χ0n) is 11.2. The normalized spacial score (nSPS) is 10.6. The highest BCUT2D eigenvalue weighted by Crippen LogP contribution is 2.23. The number of hydrogen-bond acceptors (Lipinski definition) is 2. The minimum Gasteiger partial charge on any atom is -0.370 e. The minimum atomic E-state index is 0.419. The number of benzene rings is 1. The van der Waals surface area contributed by atoms with Crippen LogP contribution in [0.1, 0.15) is 16.7 Å². The summed E-state index contributed by atoms with van der Waals surface area (Å²) in [6, 6.07) is 8.15. The topological polar surface area (TPSA) is 16.1 Å². The molecule has 2 nitrogen and oxygen atoms in total. The third kappa shape index (κ3) is 3.62. The van der Waals surface area contributed by atoms with Crippen molar-refractivity contribution in [3.05, 3.63) is 57.3 Å². The van der Waals surface area contributed by atoms with Gasteiger partial charge in [-0.15, -0.1) is 0 Å². The van der Waals surface area contributed by atoms with Crippen molar-refractivity contribution in [1.82, 2.24) is 4.98 Å². The fraction of sp³-hybridized carbons (Fsp3) is 0.267. The highest BCUT2D eigenvalue weighted by molar-refractivity contribution is 6.34. The van der Waals surface area contributed by atoms with E-state index in [9.17, 15) is 0 Å². The van der Waals surface area contributed by atoms with Gasteiger partial charge in [0.2, 0.25) is 0 Å². The van der Waals surface area contributed by atoms with E-state index < -0.39 is 0 Å². The van der Waals surface area contributed by atoms with Gasteiger partial charge in [0.25, 0.3) is 0 Å². The summed E-state index contributed by atoms with van der Waals surface area (Å²) in [6.45, 7) is 4.90. The molecule has 2 rings (SSSR count). The van der Waals surface area contributed by atoms with E-state index in [2.05, 4.69) is 41.9 Å². The monoisotopic (exact) mass is 294 g/mol. The largest absolute Gasteiger partial charge is 0.370 e. The molecule has 0 radical (unpaired) electrons. The Hall–Kier alpha value is -1.25. The molecule has 0 aliphatic heterocycles. The van der Waals surface area contributed by atoms with Crippen LogP contribution in [0.4, 0.5) is 5.69 Å². The van der Waals surface area contributed by atoms with Crippen molar-refractivity contribution >= 4 is 28.9 Å². The number of nitrogens with zero attached hydrogens (tertiary/aromatic N) is 2. The molecule has 1 aromatic heterocycles. The number of pyridine rings is 1. The van der Waals surface area contributed by atoms with E-state index in [1.54, 1.807) is 12.3 Å². The molecule has 0 saturated carbocycles. The average Bonchev–Trinajstić information content (AvgIpc) is 2.31. The van der Waals surface area contributed by atoms with Crippen molar-refractivity contribution in [3.8, 4) is 0 Å². The van der Waals surface area contributed by atoms with Crippen LogP contribution in [0.15, 0.2) is 30.5 Å². The third-order valence-corrected chi connectivity index (χ3v) is 3.51. The first-order valence-corrected chi connectivity index (χ1v) is 6.80. The van der Waals surface area contributed by atoms with Crippen LogP contribution >= 0.6 is 23.2 Å². The molecule has 0 N–H and O–H groups in total. The summed E-state index contributed by atoms with van der Waals surface area (Å²) in [5.74, 6) is 0. The molecular formula is C15H16Cl2N2. The van der Waals surface area contributed by atoms with E-state index in [0.29, 0.717) is 16.7 Å². The van der Waals surface area contributed by atoms with E-state index in [0.717, 1.165) is 5.56 Å². The molecule has 0 saturated heterocycles. The highest BCUT2D eigenvalue weighted by atomic mass is 35.5. The van der Waals surface area contributed by atoms with E-state index in [1.807, 2.05) is 7.05 Å². The molecule has 100 valence electrons. The Morgan fingerprint density at radius 3 is 2.26 bits per heavy atom. The molecular weight excluding hydrogens is 279 g/mol. The first kappa shape index (κ1) is 14.2. The molecule has 0 bridgehead atoms. The second-order valence-electron chi connectivity index (χ2n) is 4.80. The summed E-state index contributed by atoms with van der Waals surface area (Å²) in [7, 11) is 2.04. The molecule has 0 fully saturated rings. The van der Waals surface area contributed by atoms with Gasteiger partial charge >= 0.3 is 0 Å². The quantitative estimate of drug-likeness (QED) is 0.767. The Morgan fingerprint density at radius 2 is 1.68 bits per heavy atom. The zero-order chi connectivity index (χ0) is 14.0. The highest BCUT2D eigenvalue weighted by Gasteiger charge is 2.07. The van der Waals surface area contributed by atoms with Crippen molar-refractivity contribution < 1.29 is 0 Å². The Morgan fingerprint density at radius 1 is 1.05 bits per heavy atom. The van der Waals surface area contributed by atoms with Gasteiger partial charge in [0.05, 0.1) is 5.02 Å². The first-order valence-electron chi connectivity index (χ1n) is 6.05.